The van der Waals surface area contributed by atoms with Gasteiger partial charge in [-0.05, 0) is 42.0 Å². The molecule has 0 aliphatic carbocycles. The quantitative estimate of drug-likeness (QED) is 0.876. The van der Waals surface area contributed by atoms with Gasteiger partial charge in [-0.3, -0.25) is 9.59 Å². The third kappa shape index (κ3) is 3.98. The van der Waals surface area contributed by atoms with Gasteiger partial charge in [-0.2, -0.15) is 5.26 Å². The molecule has 0 heterocycles. The summed E-state index contributed by atoms with van der Waals surface area (Å²) in [5.41, 5.74) is 1.49. The number of ketones is 1. The fourth-order valence-corrected chi connectivity index (χ4v) is 1.70. The number of hydrogen-bond donors (Lipinski definition) is 1. The molecule has 0 spiro atoms. The minimum Gasteiger partial charge on any atom is -0.319 e. The monoisotopic (exact) mass is 282 g/mol. The summed E-state index contributed by atoms with van der Waals surface area (Å²) in [4.78, 5) is 23.5. The van der Waals surface area contributed by atoms with E-state index in [0.717, 1.165) is 0 Å². The zero-order valence-electron chi connectivity index (χ0n) is 11.0. The minimum atomic E-state index is -0.758. The van der Waals surface area contributed by atoms with Crippen molar-refractivity contribution in [1.82, 2.24) is 0 Å². The largest absolute Gasteiger partial charge is 0.319 e. The minimum absolute atomic E-state index is 0.0568. The lowest BCUT2D eigenvalue weighted by Gasteiger charge is -2.04. The summed E-state index contributed by atoms with van der Waals surface area (Å²) in [6.07, 6.45) is -0.0568. The zero-order chi connectivity index (χ0) is 15.2. The molecule has 0 fully saturated rings. The Morgan fingerprint density at radius 2 is 1.67 bits per heavy atom. The molecule has 2 rings (SSSR count). The third-order valence-electron chi connectivity index (χ3n) is 2.80. The summed E-state index contributed by atoms with van der Waals surface area (Å²) in [6.45, 7) is 0. The van der Waals surface area contributed by atoms with Gasteiger partial charge in [0.2, 0.25) is 5.78 Å². The number of nitrogens with zero attached hydrogens (tertiary/aromatic N) is 1. The van der Waals surface area contributed by atoms with E-state index in [2.05, 4.69) is 5.32 Å². The van der Waals surface area contributed by atoms with Crippen molar-refractivity contribution in [2.45, 2.75) is 6.42 Å². The lowest BCUT2D eigenvalue weighted by Crippen LogP contribution is -2.24. The Bertz CT molecular complexity index is 701. The molecule has 104 valence electrons. The molecule has 0 aliphatic rings. The summed E-state index contributed by atoms with van der Waals surface area (Å²) in [5.74, 6) is -1.79. The highest BCUT2D eigenvalue weighted by Crippen LogP contribution is 2.09. The molecule has 0 bridgehead atoms. The number of benzene rings is 2. The number of hydrogen-bond acceptors (Lipinski definition) is 3. The number of carbonyl (C=O) groups excluding carboxylic acids is 2. The van der Waals surface area contributed by atoms with Crippen LogP contribution in [0.1, 0.15) is 11.1 Å². The molecular weight excluding hydrogens is 271 g/mol. The Morgan fingerprint density at radius 3 is 2.24 bits per heavy atom. The first-order chi connectivity index (χ1) is 10.1. The second kappa shape index (κ2) is 6.44. The maximum Gasteiger partial charge on any atom is 0.292 e. The predicted octanol–water partition coefficient (Wildman–Crippen LogP) is 2.45. The van der Waals surface area contributed by atoms with E-state index in [1.807, 2.05) is 6.07 Å². The molecule has 0 aromatic heterocycles. The van der Waals surface area contributed by atoms with E-state index in [1.54, 1.807) is 24.3 Å². The van der Waals surface area contributed by atoms with E-state index in [-0.39, 0.29) is 6.42 Å². The van der Waals surface area contributed by atoms with E-state index in [0.29, 0.717) is 16.8 Å². The number of Topliss-reactive ketones (excluding diaryl/α,β-unsaturated/α-hetero) is 1. The van der Waals surface area contributed by atoms with Crippen LogP contribution in [-0.4, -0.2) is 11.7 Å². The Kier molecular flexibility index (Phi) is 4.42. The first kappa shape index (κ1) is 14.4. The molecule has 1 N–H and O–H groups in total. The van der Waals surface area contributed by atoms with Gasteiger partial charge in [0.1, 0.15) is 5.82 Å². The molecule has 5 heteroatoms. The molecule has 0 saturated heterocycles. The molecule has 0 aliphatic heterocycles. The number of amides is 1. The molecule has 1 amide bonds. The van der Waals surface area contributed by atoms with Gasteiger partial charge in [-0.15, -0.1) is 0 Å². The molecule has 0 atom stereocenters. The van der Waals surface area contributed by atoms with Gasteiger partial charge in [0.05, 0.1) is 11.6 Å². The second-order valence-corrected chi connectivity index (χ2v) is 4.37. The van der Waals surface area contributed by atoms with Gasteiger partial charge in [0, 0.05) is 12.1 Å². The van der Waals surface area contributed by atoms with Crippen LogP contribution in [0.2, 0.25) is 0 Å². The van der Waals surface area contributed by atoms with Crippen molar-refractivity contribution in [3.63, 3.8) is 0 Å². The van der Waals surface area contributed by atoms with E-state index in [1.165, 1.54) is 24.3 Å². The summed E-state index contributed by atoms with van der Waals surface area (Å²) in [5, 5.41) is 11.1. The highest BCUT2D eigenvalue weighted by Gasteiger charge is 2.14. The summed E-state index contributed by atoms with van der Waals surface area (Å²) in [7, 11) is 0. The maximum atomic E-state index is 12.7. The highest BCUT2D eigenvalue weighted by atomic mass is 19.1. The first-order valence-electron chi connectivity index (χ1n) is 6.17. The van der Waals surface area contributed by atoms with E-state index in [9.17, 15) is 14.0 Å². The van der Waals surface area contributed by atoms with Crippen LogP contribution < -0.4 is 5.32 Å². The third-order valence-corrected chi connectivity index (χ3v) is 2.80. The molecule has 2 aromatic rings. The summed E-state index contributed by atoms with van der Waals surface area (Å²) < 4.78 is 12.7. The Labute approximate surface area is 120 Å². The van der Waals surface area contributed by atoms with Crippen LogP contribution in [0.3, 0.4) is 0 Å². The SMILES string of the molecule is N#Cc1ccc(CC(=O)C(=O)Nc2ccc(F)cc2)cc1. The van der Waals surface area contributed by atoms with Crippen molar-refractivity contribution in [2.75, 3.05) is 5.32 Å². The molecule has 4 nitrogen and oxygen atoms in total. The fourth-order valence-electron chi connectivity index (χ4n) is 1.70. The highest BCUT2D eigenvalue weighted by molar-refractivity contribution is 6.41. The van der Waals surface area contributed by atoms with Crippen LogP contribution in [0, 0.1) is 17.1 Å². The van der Waals surface area contributed by atoms with Crippen molar-refractivity contribution in [1.29, 1.82) is 5.26 Å². The van der Waals surface area contributed by atoms with Crippen molar-refractivity contribution in [2.24, 2.45) is 0 Å². The smallest absolute Gasteiger partial charge is 0.292 e. The van der Waals surface area contributed by atoms with Crippen LogP contribution >= 0.6 is 0 Å². The zero-order valence-corrected chi connectivity index (χ0v) is 11.0. The Morgan fingerprint density at radius 1 is 1.05 bits per heavy atom. The molecular formula is C16H11FN2O2. The Hall–Kier alpha value is -3.00. The summed E-state index contributed by atoms with van der Waals surface area (Å²) >= 11 is 0. The first-order valence-corrected chi connectivity index (χ1v) is 6.17. The second-order valence-electron chi connectivity index (χ2n) is 4.37. The van der Waals surface area contributed by atoms with E-state index < -0.39 is 17.5 Å². The fraction of sp³-hybridized carbons (Fsp3) is 0.0625. The van der Waals surface area contributed by atoms with Gasteiger partial charge in [0.15, 0.2) is 0 Å². The van der Waals surface area contributed by atoms with Gasteiger partial charge < -0.3 is 5.32 Å². The van der Waals surface area contributed by atoms with Gasteiger partial charge >= 0.3 is 0 Å². The van der Waals surface area contributed by atoms with Crippen LogP contribution in [0.25, 0.3) is 0 Å². The normalized spacial score (nSPS) is 9.71. The molecule has 0 radical (unpaired) electrons. The van der Waals surface area contributed by atoms with Crippen molar-refractivity contribution in [3.05, 3.63) is 65.5 Å². The number of carbonyl (C=O) groups is 2. The summed E-state index contributed by atoms with van der Waals surface area (Å²) in [6, 6.07) is 13.5. The van der Waals surface area contributed by atoms with E-state index in [4.69, 9.17) is 5.26 Å². The van der Waals surface area contributed by atoms with E-state index >= 15 is 0 Å². The van der Waals surface area contributed by atoms with Crippen molar-refractivity contribution in [3.8, 4) is 6.07 Å². The number of halogens is 1. The number of nitriles is 1. The molecule has 0 saturated carbocycles. The van der Waals surface area contributed by atoms with Gasteiger partial charge in [-0.25, -0.2) is 4.39 Å². The average molecular weight is 282 g/mol. The molecule has 0 unspecified atom stereocenters. The van der Waals surface area contributed by atoms with Crippen LogP contribution in [0.4, 0.5) is 10.1 Å². The lowest BCUT2D eigenvalue weighted by molar-refractivity contribution is -0.134. The maximum absolute atomic E-state index is 12.7. The van der Waals surface area contributed by atoms with Gasteiger partial charge in [0.25, 0.3) is 5.91 Å². The number of nitrogens with one attached hydrogen (secondary N) is 1. The number of rotatable bonds is 4. The predicted molar refractivity (Wildman–Crippen MR) is 74.9 cm³/mol. The van der Waals surface area contributed by atoms with Crippen LogP contribution in [0.15, 0.2) is 48.5 Å². The Balaban J connectivity index is 1.97. The van der Waals surface area contributed by atoms with Crippen molar-refractivity contribution >= 4 is 17.4 Å². The molecule has 21 heavy (non-hydrogen) atoms. The average Bonchev–Trinajstić information content (AvgIpc) is 2.50. The van der Waals surface area contributed by atoms with Crippen molar-refractivity contribution < 1.29 is 14.0 Å². The molecule has 2 aromatic carbocycles. The lowest BCUT2D eigenvalue weighted by atomic mass is 10.1. The van der Waals surface area contributed by atoms with Gasteiger partial charge in [-0.1, -0.05) is 12.1 Å². The van der Waals surface area contributed by atoms with Crippen LogP contribution in [0.5, 0.6) is 0 Å². The number of anilines is 1. The topological polar surface area (TPSA) is 70.0 Å². The van der Waals surface area contributed by atoms with Crippen LogP contribution in [-0.2, 0) is 16.0 Å². The standard InChI is InChI=1S/C16H11FN2O2/c17-13-5-7-14(8-6-13)19-16(21)15(20)9-11-1-3-12(10-18)4-2-11/h1-8H,9H2,(H,19,21).